The molecule has 2 rings (SSSR count). The normalized spacial score (nSPS) is 12.8. The van der Waals surface area contributed by atoms with Crippen molar-refractivity contribution >= 4 is 27.3 Å². The van der Waals surface area contributed by atoms with Crippen molar-refractivity contribution in [3.8, 4) is 0 Å². The monoisotopic (exact) mass is 323 g/mol. The molecule has 0 bridgehead atoms. The van der Waals surface area contributed by atoms with Crippen LogP contribution in [-0.2, 0) is 0 Å². The van der Waals surface area contributed by atoms with Crippen LogP contribution in [0.25, 0.3) is 0 Å². The first-order chi connectivity index (χ1) is 8.41. The summed E-state index contributed by atoms with van der Waals surface area (Å²) < 4.78 is 1.17. The summed E-state index contributed by atoms with van der Waals surface area (Å²) in [5, 5.41) is 0. The highest BCUT2D eigenvalue weighted by Crippen LogP contribution is 2.34. The van der Waals surface area contributed by atoms with E-state index in [1.807, 2.05) is 0 Å². The minimum Gasteiger partial charge on any atom is -0.320 e. The lowest BCUT2D eigenvalue weighted by Crippen LogP contribution is -2.14. The van der Waals surface area contributed by atoms with Gasteiger partial charge in [0.05, 0.1) is 6.04 Å². The van der Waals surface area contributed by atoms with Gasteiger partial charge in [-0.1, -0.05) is 22.0 Å². The van der Waals surface area contributed by atoms with Crippen molar-refractivity contribution in [2.24, 2.45) is 5.73 Å². The van der Waals surface area contributed by atoms with Crippen LogP contribution in [-0.4, -0.2) is 0 Å². The zero-order chi connectivity index (χ0) is 13.4. The standard InChI is InChI=1S/C15H18BrNS/c1-8-7-9(2)14(16)11(4)13(8)15(17)12-6-5-10(3)18-12/h5-7,15H,17H2,1-4H3. The molecule has 1 aromatic heterocycles. The summed E-state index contributed by atoms with van der Waals surface area (Å²) in [6, 6.07) is 6.44. The van der Waals surface area contributed by atoms with Crippen molar-refractivity contribution in [1.29, 1.82) is 0 Å². The third-order valence-corrected chi connectivity index (χ3v) is 5.62. The van der Waals surface area contributed by atoms with E-state index in [1.54, 1.807) is 11.3 Å². The predicted molar refractivity (Wildman–Crippen MR) is 83.4 cm³/mol. The topological polar surface area (TPSA) is 26.0 Å². The molecule has 0 amide bonds. The van der Waals surface area contributed by atoms with Crippen molar-refractivity contribution < 1.29 is 0 Å². The lowest BCUT2D eigenvalue weighted by Gasteiger charge is -2.19. The van der Waals surface area contributed by atoms with Crippen LogP contribution in [0.1, 0.15) is 38.0 Å². The molecular weight excluding hydrogens is 306 g/mol. The highest BCUT2D eigenvalue weighted by molar-refractivity contribution is 9.10. The van der Waals surface area contributed by atoms with Crippen LogP contribution in [0.3, 0.4) is 0 Å². The quantitative estimate of drug-likeness (QED) is 0.844. The Balaban J connectivity index is 2.54. The van der Waals surface area contributed by atoms with Gasteiger partial charge in [-0.25, -0.2) is 0 Å². The van der Waals surface area contributed by atoms with E-state index in [2.05, 4.69) is 61.8 Å². The third kappa shape index (κ3) is 2.40. The number of benzene rings is 1. The molecule has 0 aliphatic heterocycles. The zero-order valence-corrected chi connectivity index (χ0v) is 13.6. The lowest BCUT2D eigenvalue weighted by atomic mass is 9.94. The lowest BCUT2D eigenvalue weighted by molar-refractivity contribution is 0.867. The van der Waals surface area contributed by atoms with Crippen molar-refractivity contribution in [1.82, 2.24) is 0 Å². The van der Waals surface area contributed by atoms with E-state index in [4.69, 9.17) is 5.73 Å². The molecule has 0 saturated carbocycles. The second-order valence-corrected chi connectivity index (χ2v) is 6.90. The Morgan fingerprint density at radius 2 is 1.78 bits per heavy atom. The number of halogens is 1. The second-order valence-electron chi connectivity index (χ2n) is 4.79. The Morgan fingerprint density at radius 3 is 2.33 bits per heavy atom. The first-order valence-corrected chi connectivity index (χ1v) is 7.61. The Kier molecular flexibility index (Phi) is 3.95. The molecular formula is C15H18BrNS. The Hall–Kier alpha value is -0.640. The maximum Gasteiger partial charge on any atom is 0.0651 e. The minimum atomic E-state index is -0.0272. The van der Waals surface area contributed by atoms with Gasteiger partial charge in [0.25, 0.3) is 0 Å². The smallest absolute Gasteiger partial charge is 0.0651 e. The first kappa shape index (κ1) is 13.8. The number of rotatable bonds is 2. The molecule has 2 aromatic rings. The molecule has 0 aliphatic rings. The maximum absolute atomic E-state index is 6.44. The molecule has 1 heterocycles. The number of hydrogen-bond donors (Lipinski definition) is 1. The SMILES string of the molecule is Cc1ccc(C(N)c2c(C)cc(C)c(Br)c2C)s1. The molecule has 0 aliphatic carbocycles. The molecule has 1 unspecified atom stereocenters. The second kappa shape index (κ2) is 5.16. The summed E-state index contributed by atoms with van der Waals surface area (Å²) in [5.74, 6) is 0. The molecule has 0 fully saturated rings. The first-order valence-electron chi connectivity index (χ1n) is 6.00. The fraction of sp³-hybridized carbons (Fsp3) is 0.333. The van der Waals surface area contributed by atoms with Gasteiger partial charge in [-0.3, -0.25) is 0 Å². The van der Waals surface area contributed by atoms with Gasteiger partial charge in [-0.15, -0.1) is 11.3 Å². The summed E-state index contributed by atoms with van der Waals surface area (Å²) in [6.45, 7) is 8.52. The largest absolute Gasteiger partial charge is 0.320 e. The van der Waals surface area contributed by atoms with E-state index in [1.165, 1.54) is 36.5 Å². The van der Waals surface area contributed by atoms with E-state index in [0.717, 1.165) is 0 Å². The number of nitrogens with two attached hydrogens (primary N) is 1. The van der Waals surface area contributed by atoms with Gasteiger partial charge in [0.2, 0.25) is 0 Å². The average molecular weight is 324 g/mol. The molecule has 1 aromatic carbocycles. The zero-order valence-electron chi connectivity index (χ0n) is 11.2. The number of thiophene rings is 1. The summed E-state index contributed by atoms with van der Waals surface area (Å²) >= 11 is 5.44. The van der Waals surface area contributed by atoms with Gasteiger partial charge < -0.3 is 5.73 Å². The van der Waals surface area contributed by atoms with Gasteiger partial charge in [-0.05, 0) is 62.1 Å². The van der Waals surface area contributed by atoms with Crippen LogP contribution in [0.15, 0.2) is 22.7 Å². The van der Waals surface area contributed by atoms with Crippen molar-refractivity contribution in [2.75, 3.05) is 0 Å². The minimum absolute atomic E-state index is 0.0272. The molecule has 18 heavy (non-hydrogen) atoms. The summed E-state index contributed by atoms with van der Waals surface area (Å²) in [7, 11) is 0. The highest BCUT2D eigenvalue weighted by atomic mass is 79.9. The van der Waals surface area contributed by atoms with Crippen molar-refractivity contribution in [3.63, 3.8) is 0 Å². The van der Waals surface area contributed by atoms with Crippen molar-refractivity contribution in [3.05, 3.63) is 54.7 Å². The van der Waals surface area contributed by atoms with Gasteiger partial charge in [0.1, 0.15) is 0 Å². The molecule has 2 N–H and O–H groups in total. The third-order valence-electron chi connectivity index (χ3n) is 3.32. The number of aryl methyl sites for hydroxylation is 3. The average Bonchev–Trinajstić information content (AvgIpc) is 2.73. The fourth-order valence-electron chi connectivity index (χ4n) is 2.42. The molecule has 0 saturated heterocycles. The van der Waals surface area contributed by atoms with Crippen LogP contribution in [0.5, 0.6) is 0 Å². The van der Waals surface area contributed by atoms with E-state index in [9.17, 15) is 0 Å². The summed E-state index contributed by atoms with van der Waals surface area (Å²) in [4.78, 5) is 2.54. The van der Waals surface area contributed by atoms with Crippen LogP contribution in [0, 0.1) is 27.7 Å². The highest BCUT2D eigenvalue weighted by Gasteiger charge is 2.18. The number of hydrogen-bond acceptors (Lipinski definition) is 2. The van der Waals surface area contributed by atoms with Crippen molar-refractivity contribution in [2.45, 2.75) is 33.7 Å². The Labute approximate surface area is 121 Å². The molecule has 0 spiro atoms. The molecule has 1 nitrogen and oxygen atoms in total. The Bertz CT molecular complexity index is 586. The molecule has 96 valence electrons. The van der Waals surface area contributed by atoms with Gasteiger partial charge in [-0.2, -0.15) is 0 Å². The van der Waals surface area contributed by atoms with E-state index in [-0.39, 0.29) is 6.04 Å². The maximum atomic E-state index is 6.44. The molecule has 1 atom stereocenters. The van der Waals surface area contributed by atoms with E-state index < -0.39 is 0 Å². The van der Waals surface area contributed by atoms with Crippen LogP contribution in [0.2, 0.25) is 0 Å². The van der Waals surface area contributed by atoms with Crippen LogP contribution < -0.4 is 5.73 Å². The van der Waals surface area contributed by atoms with Crippen LogP contribution >= 0.6 is 27.3 Å². The van der Waals surface area contributed by atoms with Gasteiger partial charge in [0.15, 0.2) is 0 Å². The van der Waals surface area contributed by atoms with Crippen LogP contribution in [0.4, 0.5) is 0 Å². The Morgan fingerprint density at radius 1 is 1.11 bits per heavy atom. The van der Waals surface area contributed by atoms with E-state index in [0.29, 0.717) is 0 Å². The summed E-state index contributed by atoms with van der Waals surface area (Å²) in [6.07, 6.45) is 0. The molecule has 0 radical (unpaired) electrons. The predicted octanol–water partition coefficient (Wildman–Crippen LogP) is 4.79. The van der Waals surface area contributed by atoms with E-state index >= 15 is 0 Å². The van der Waals surface area contributed by atoms with Gasteiger partial charge >= 0.3 is 0 Å². The van der Waals surface area contributed by atoms with Gasteiger partial charge in [0, 0.05) is 14.2 Å². The molecule has 3 heteroatoms. The summed E-state index contributed by atoms with van der Waals surface area (Å²) in [5.41, 5.74) is 11.5. The fourth-order valence-corrected chi connectivity index (χ4v) is 3.63.